The molecule has 3 aromatic rings. The van der Waals surface area contributed by atoms with Crippen molar-refractivity contribution in [3.8, 4) is 11.1 Å². The molecule has 0 spiro atoms. The summed E-state index contributed by atoms with van der Waals surface area (Å²) in [5.41, 5.74) is 2.40. The van der Waals surface area contributed by atoms with Crippen LogP contribution in [0.1, 0.15) is 44.6 Å². The Hall–Kier alpha value is -3.74. The Bertz CT molecular complexity index is 1180. The average molecular weight is 422 g/mol. The summed E-state index contributed by atoms with van der Waals surface area (Å²) in [6.07, 6.45) is 0. The van der Waals surface area contributed by atoms with Gasteiger partial charge >= 0.3 is 5.97 Å². The number of halogens is 1. The first-order valence-electron chi connectivity index (χ1n) is 9.82. The largest absolute Gasteiger partial charge is 0.462 e. The molecule has 1 amide bonds. The molecule has 6 nitrogen and oxygen atoms in total. The minimum atomic E-state index is -0.919. The monoisotopic (exact) mass is 422 g/mol. The van der Waals surface area contributed by atoms with Crippen LogP contribution in [0.2, 0.25) is 0 Å². The van der Waals surface area contributed by atoms with Gasteiger partial charge in [-0.2, -0.15) is 0 Å². The quantitative estimate of drug-likeness (QED) is 0.341. The van der Waals surface area contributed by atoms with Crippen molar-refractivity contribution >= 4 is 23.3 Å². The zero-order chi connectivity index (χ0) is 22.7. The molecule has 2 N–H and O–H groups in total. The molecule has 0 fully saturated rings. The summed E-state index contributed by atoms with van der Waals surface area (Å²) < 4.78 is 19.7. The number of rotatable bonds is 6. The number of carbonyl (C=O) groups is 3. The zero-order valence-electron chi connectivity index (χ0n) is 17.8. The van der Waals surface area contributed by atoms with Crippen LogP contribution in [0.3, 0.4) is 0 Å². The standard InChI is InChI=1S/C24H23FN2O4/c1-5-31-24(30)19-15(4)26-21(20(19)16-8-6-7-9-17(16)25)22(28)23(29)27-18-12-13(2)10-11-14(18)3/h6-12,26H,5H2,1-4H3,(H,27,29). The van der Waals surface area contributed by atoms with Crippen molar-refractivity contribution in [3.63, 3.8) is 0 Å². The van der Waals surface area contributed by atoms with Gasteiger partial charge in [0.15, 0.2) is 0 Å². The predicted molar refractivity (Wildman–Crippen MR) is 116 cm³/mol. The van der Waals surface area contributed by atoms with Crippen molar-refractivity contribution < 1.29 is 23.5 Å². The van der Waals surface area contributed by atoms with Crippen molar-refractivity contribution in [2.24, 2.45) is 0 Å². The first-order chi connectivity index (χ1) is 14.7. The van der Waals surface area contributed by atoms with Gasteiger partial charge in [0.2, 0.25) is 0 Å². The summed E-state index contributed by atoms with van der Waals surface area (Å²) in [6.45, 7) is 6.99. The number of ether oxygens (including phenoxy) is 1. The Balaban J connectivity index is 2.10. The van der Waals surface area contributed by atoms with Gasteiger partial charge < -0.3 is 15.0 Å². The number of aromatic nitrogens is 1. The van der Waals surface area contributed by atoms with E-state index < -0.39 is 23.5 Å². The van der Waals surface area contributed by atoms with Crippen LogP contribution in [0.5, 0.6) is 0 Å². The lowest BCUT2D eigenvalue weighted by molar-refractivity contribution is -0.112. The van der Waals surface area contributed by atoms with Gasteiger partial charge in [-0.25, -0.2) is 9.18 Å². The fourth-order valence-corrected chi connectivity index (χ4v) is 3.35. The van der Waals surface area contributed by atoms with E-state index in [4.69, 9.17) is 4.74 Å². The van der Waals surface area contributed by atoms with Gasteiger partial charge in [-0.1, -0.05) is 30.3 Å². The van der Waals surface area contributed by atoms with Gasteiger partial charge in [-0.3, -0.25) is 9.59 Å². The van der Waals surface area contributed by atoms with E-state index in [-0.39, 0.29) is 29.0 Å². The molecule has 0 atom stereocenters. The summed E-state index contributed by atoms with van der Waals surface area (Å²) in [6, 6.07) is 11.2. The summed E-state index contributed by atoms with van der Waals surface area (Å²) >= 11 is 0. The normalized spacial score (nSPS) is 10.6. The lowest BCUT2D eigenvalue weighted by atomic mass is 9.97. The molecular formula is C24H23FN2O4. The Morgan fingerprint density at radius 2 is 1.77 bits per heavy atom. The molecule has 31 heavy (non-hydrogen) atoms. The maximum absolute atomic E-state index is 14.6. The van der Waals surface area contributed by atoms with Crippen molar-refractivity contribution in [2.45, 2.75) is 27.7 Å². The number of benzene rings is 2. The molecule has 160 valence electrons. The molecule has 0 aliphatic rings. The molecule has 7 heteroatoms. The number of hydrogen-bond acceptors (Lipinski definition) is 4. The van der Waals surface area contributed by atoms with Crippen LogP contribution in [-0.4, -0.2) is 29.3 Å². The van der Waals surface area contributed by atoms with E-state index >= 15 is 0 Å². The first-order valence-corrected chi connectivity index (χ1v) is 9.82. The molecule has 0 aliphatic carbocycles. The number of ketones is 1. The third kappa shape index (κ3) is 4.40. The van der Waals surface area contributed by atoms with Gasteiger partial charge in [0, 0.05) is 22.5 Å². The molecule has 0 saturated heterocycles. The summed E-state index contributed by atoms with van der Waals surface area (Å²) in [5.74, 6) is -3.15. The van der Waals surface area contributed by atoms with E-state index in [2.05, 4.69) is 10.3 Å². The maximum atomic E-state index is 14.6. The first kappa shape index (κ1) is 22.0. The summed E-state index contributed by atoms with van der Waals surface area (Å²) in [7, 11) is 0. The number of amides is 1. The number of Topliss-reactive ketones (excluding diaryl/α,β-unsaturated/α-hetero) is 1. The second kappa shape index (κ2) is 8.95. The highest BCUT2D eigenvalue weighted by atomic mass is 19.1. The van der Waals surface area contributed by atoms with Gasteiger partial charge in [0.25, 0.3) is 11.7 Å². The Morgan fingerprint density at radius 3 is 2.45 bits per heavy atom. The highest BCUT2D eigenvalue weighted by molar-refractivity contribution is 6.47. The number of nitrogens with one attached hydrogen (secondary N) is 2. The minimum absolute atomic E-state index is 0.00941. The fraction of sp³-hybridized carbons (Fsp3) is 0.208. The second-order valence-corrected chi connectivity index (χ2v) is 7.18. The van der Waals surface area contributed by atoms with E-state index in [9.17, 15) is 18.8 Å². The third-order valence-corrected chi connectivity index (χ3v) is 4.88. The molecule has 3 rings (SSSR count). The number of aromatic amines is 1. The maximum Gasteiger partial charge on any atom is 0.340 e. The minimum Gasteiger partial charge on any atom is -0.462 e. The summed E-state index contributed by atoms with van der Waals surface area (Å²) in [4.78, 5) is 41.2. The van der Waals surface area contributed by atoms with Crippen LogP contribution >= 0.6 is 0 Å². The van der Waals surface area contributed by atoms with Gasteiger partial charge in [-0.15, -0.1) is 0 Å². The Labute approximate surface area is 179 Å². The molecular weight excluding hydrogens is 399 g/mol. The van der Waals surface area contributed by atoms with Crippen LogP contribution in [-0.2, 0) is 9.53 Å². The van der Waals surface area contributed by atoms with Crippen molar-refractivity contribution in [3.05, 3.63) is 76.4 Å². The number of hydrogen-bond donors (Lipinski definition) is 2. The van der Waals surface area contributed by atoms with Crippen LogP contribution in [0.25, 0.3) is 11.1 Å². The van der Waals surface area contributed by atoms with Gasteiger partial charge in [-0.05, 0) is 51.0 Å². The predicted octanol–water partition coefficient (Wildman–Crippen LogP) is 4.74. The molecule has 0 aliphatic heterocycles. The number of aryl methyl sites for hydroxylation is 3. The van der Waals surface area contributed by atoms with Crippen molar-refractivity contribution in [2.75, 3.05) is 11.9 Å². The lowest BCUT2D eigenvalue weighted by Gasteiger charge is -2.10. The van der Waals surface area contributed by atoms with E-state index in [0.717, 1.165) is 11.1 Å². The Morgan fingerprint density at radius 1 is 1.06 bits per heavy atom. The molecule has 0 saturated carbocycles. The zero-order valence-corrected chi connectivity index (χ0v) is 17.8. The van der Waals surface area contributed by atoms with Crippen LogP contribution < -0.4 is 5.32 Å². The van der Waals surface area contributed by atoms with E-state index in [1.165, 1.54) is 18.2 Å². The van der Waals surface area contributed by atoms with Gasteiger partial charge in [0.05, 0.1) is 12.2 Å². The van der Waals surface area contributed by atoms with Crippen LogP contribution in [0.15, 0.2) is 42.5 Å². The fourth-order valence-electron chi connectivity index (χ4n) is 3.35. The number of H-pyrrole nitrogens is 1. The van der Waals surface area contributed by atoms with Crippen molar-refractivity contribution in [1.82, 2.24) is 4.98 Å². The number of esters is 1. The SMILES string of the molecule is CCOC(=O)c1c(C)[nH]c(C(=O)C(=O)Nc2cc(C)ccc2C)c1-c1ccccc1F. The van der Waals surface area contributed by atoms with Crippen molar-refractivity contribution in [1.29, 1.82) is 0 Å². The van der Waals surface area contributed by atoms with E-state index in [0.29, 0.717) is 11.4 Å². The number of anilines is 1. The number of carbonyl (C=O) groups excluding carboxylic acids is 3. The van der Waals surface area contributed by atoms with E-state index in [1.807, 2.05) is 26.0 Å². The molecule has 1 heterocycles. The average Bonchev–Trinajstić information content (AvgIpc) is 3.07. The summed E-state index contributed by atoms with van der Waals surface area (Å²) in [5, 5.41) is 2.61. The Kier molecular flexibility index (Phi) is 6.34. The highest BCUT2D eigenvalue weighted by Gasteiger charge is 2.31. The van der Waals surface area contributed by atoms with Crippen LogP contribution in [0, 0.1) is 26.6 Å². The lowest BCUT2D eigenvalue weighted by Crippen LogP contribution is -2.24. The topological polar surface area (TPSA) is 88.3 Å². The molecule has 2 aromatic carbocycles. The third-order valence-electron chi connectivity index (χ3n) is 4.88. The highest BCUT2D eigenvalue weighted by Crippen LogP contribution is 2.33. The smallest absolute Gasteiger partial charge is 0.340 e. The molecule has 0 unspecified atom stereocenters. The van der Waals surface area contributed by atoms with E-state index in [1.54, 1.807) is 26.0 Å². The second-order valence-electron chi connectivity index (χ2n) is 7.18. The molecule has 0 radical (unpaired) electrons. The van der Waals surface area contributed by atoms with Gasteiger partial charge in [0.1, 0.15) is 11.5 Å². The molecule has 0 bridgehead atoms. The van der Waals surface area contributed by atoms with Crippen LogP contribution in [0.4, 0.5) is 10.1 Å². The molecule has 1 aromatic heterocycles.